The Morgan fingerprint density at radius 1 is 1.28 bits per heavy atom. The minimum Gasteiger partial charge on any atom is -0.289 e. The van der Waals surface area contributed by atoms with Crippen LogP contribution < -0.4 is 0 Å². The third-order valence-corrected chi connectivity index (χ3v) is 4.09. The lowest BCUT2D eigenvalue weighted by molar-refractivity contribution is 0.214. The molecule has 0 unspecified atom stereocenters. The van der Waals surface area contributed by atoms with Gasteiger partial charge in [0.05, 0.1) is 6.07 Å². The van der Waals surface area contributed by atoms with Crippen LogP contribution in [0.3, 0.4) is 0 Å². The lowest BCUT2D eigenvalue weighted by Gasteiger charge is -2.28. The van der Waals surface area contributed by atoms with Gasteiger partial charge in [0.15, 0.2) is 0 Å². The minimum atomic E-state index is -0.391. The Labute approximate surface area is 115 Å². The van der Waals surface area contributed by atoms with Gasteiger partial charge in [-0.05, 0) is 50.8 Å². The molecule has 0 heterocycles. The summed E-state index contributed by atoms with van der Waals surface area (Å²) in [5.74, 6) is 1.11. The van der Waals surface area contributed by atoms with Crippen LogP contribution in [0.4, 0.5) is 0 Å². The molecule has 18 heavy (non-hydrogen) atoms. The first-order chi connectivity index (χ1) is 8.49. The van der Waals surface area contributed by atoms with Crippen LogP contribution in [0.25, 0.3) is 0 Å². The first-order valence-corrected chi connectivity index (χ1v) is 7.32. The first kappa shape index (κ1) is 15.1. The maximum atomic E-state index is 9.06. The van der Waals surface area contributed by atoms with Crippen molar-refractivity contribution >= 4 is 11.8 Å². The summed E-state index contributed by atoms with van der Waals surface area (Å²) in [6.07, 6.45) is 0.985. The van der Waals surface area contributed by atoms with E-state index in [9.17, 15) is 0 Å². The quantitative estimate of drug-likeness (QED) is 0.733. The van der Waals surface area contributed by atoms with Gasteiger partial charge in [0.2, 0.25) is 0 Å². The van der Waals surface area contributed by atoms with Crippen LogP contribution >= 0.6 is 11.8 Å². The second-order valence-corrected chi connectivity index (χ2v) is 6.26. The molecule has 0 radical (unpaired) electrons. The molecule has 98 valence electrons. The van der Waals surface area contributed by atoms with Crippen molar-refractivity contribution in [2.45, 2.75) is 37.6 Å². The van der Waals surface area contributed by atoms with Crippen LogP contribution in [0, 0.1) is 11.3 Å². The fourth-order valence-electron chi connectivity index (χ4n) is 1.58. The van der Waals surface area contributed by atoms with E-state index in [1.165, 1.54) is 10.5 Å². The van der Waals surface area contributed by atoms with E-state index in [4.69, 9.17) is 5.26 Å². The second kappa shape index (κ2) is 6.82. The van der Waals surface area contributed by atoms with Crippen LogP contribution in [0.5, 0.6) is 0 Å². The molecule has 1 aromatic carbocycles. The zero-order valence-electron chi connectivity index (χ0n) is 11.7. The van der Waals surface area contributed by atoms with Crippen molar-refractivity contribution < 1.29 is 0 Å². The van der Waals surface area contributed by atoms with E-state index in [2.05, 4.69) is 42.2 Å². The molecule has 0 aliphatic carbocycles. The molecular weight excluding hydrogens is 240 g/mol. The van der Waals surface area contributed by atoms with Gasteiger partial charge in [-0.25, -0.2) is 0 Å². The van der Waals surface area contributed by atoms with Gasteiger partial charge in [0.25, 0.3) is 0 Å². The molecular formula is C15H22N2S. The number of hydrogen-bond acceptors (Lipinski definition) is 3. The van der Waals surface area contributed by atoms with Crippen molar-refractivity contribution in [1.29, 1.82) is 5.26 Å². The maximum absolute atomic E-state index is 9.06. The summed E-state index contributed by atoms with van der Waals surface area (Å²) < 4.78 is 0. The van der Waals surface area contributed by atoms with E-state index >= 15 is 0 Å². The predicted octanol–water partition coefficient (Wildman–Crippen LogP) is 3.58. The highest BCUT2D eigenvalue weighted by Crippen LogP contribution is 2.18. The van der Waals surface area contributed by atoms with Gasteiger partial charge >= 0.3 is 0 Å². The molecule has 0 spiro atoms. The summed E-state index contributed by atoms with van der Waals surface area (Å²) in [6, 6.07) is 11.1. The summed E-state index contributed by atoms with van der Waals surface area (Å²) in [5, 5.41) is 9.06. The van der Waals surface area contributed by atoms with E-state index in [-0.39, 0.29) is 0 Å². The van der Waals surface area contributed by atoms with Gasteiger partial charge in [-0.2, -0.15) is 5.26 Å². The zero-order chi connectivity index (χ0) is 13.6. The SMILES string of the molecule is CCSc1ccc(CCN(C)C(C)(C)C#N)cc1. The zero-order valence-corrected chi connectivity index (χ0v) is 12.5. The molecule has 0 bridgehead atoms. The molecule has 0 atom stereocenters. The number of thioether (sulfide) groups is 1. The number of rotatable bonds is 6. The summed E-state index contributed by atoms with van der Waals surface area (Å²) in [4.78, 5) is 3.42. The van der Waals surface area contributed by atoms with Crippen molar-refractivity contribution in [3.63, 3.8) is 0 Å². The van der Waals surface area contributed by atoms with E-state index in [0.29, 0.717) is 0 Å². The lowest BCUT2D eigenvalue weighted by Crippen LogP contribution is -2.40. The highest BCUT2D eigenvalue weighted by Gasteiger charge is 2.21. The molecule has 0 aliphatic heterocycles. The fraction of sp³-hybridized carbons (Fsp3) is 0.533. The first-order valence-electron chi connectivity index (χ1n) is 6.34. The molecule has 3 heteroatoms. The van der Waals surface area contributed by atoms with Gasteiger partial charge in [-0.3, -0.25) is 4.90 Å². The Balaban J connectivity index is 2.52. The van der Waals surface area contributed by atoms with Gasteiger partial charge in [0.1, 0.15) is 5.54 Å². The predicted molar refractivity (Wildman–Crippen MR) is 78.9 cm³/mol. The smallest absolute Gasteiger partial charge is 0.103 e. The third kappa shape index (κ3) is 4.36. The minimum absolute atomic E-state index is 0.391. The van der Waals surface area contributed by atoms with Gasteiger partial charge < -0.3 is 0 Å². The number of hydrogen-bond donors (Lipinski definition) is 0. The molecule has 0 saturated heterocycles. The number of nitriles is 1. The van der Waals surface area contributed by atoms with Crippen LogP contribution in [0.2, 0.25) is 0 Å². The summed E-state index contributed by atoms with van der Waals surface area (Å²) in [6.45, 7) is 6.97. The number of benzene rings is 1. The Morgan fingerprint density at radius 2 is 1.89 bits per heavy atom. The Bertz CT molecular complexity index is 403. The summed E-state index contributed by atoms with van der Waals surface area (Å²) >= 11 is 1.86. The Morgan fingerprint density at radius 3 is 2.39 bits per heavy atom. The average Bonchev–Trinajstić information content (AvgIpc) is 2.38. The van der Waals surface area contributed by atoms with Crippen molar-refractivity contribution in [1.82, 2.24) is 4.90 Å². The third-order valence-electron chi connectivity index (χ3n) is 3.20. The van der Waals surface area contributed by atoms with Crippen molar-refractivity contribution in [2.24, 2.45) is 0 Å². The van der Waals surface area contributed by atoms with Crippen molar-refractivity contribution in [3.8, 4) is 6.07 Å². The average molecular weight is 262 g/mol. The van der Waals surface area contributed by atoms with Crippen LogP contribution in [0.15, 0.2) is 29.2 Å². The van der Waals surface area contributed by atoms with Gasteiger partial charge in [0, 0.05) is 11.4 Å². The lowest BCUT2D eigenvalue weighted by atomic mass is 10.0. The highest BCUT2D eigenvalue weighted by molar-refractivity contribution is 7.99. The largest absolute Gasteiger partial charge is 0.289 e. The van der Waals surface area contributed by atoms with Gasteiger partial charge in [-0.1, -0.05) is 19.1 Å². The van der Waals surface area contributed by atoms with Crippen LogP contribution in [0.1, 0.15) is 26.3 Å². The summed E-state index contributed by atoms with van der Waals surface area (Å²) in [7, 11) is 2.00. The van der Waals surface area contributed by atoms with E-state index in [1.54, 1.807) is 0 Å². The number of likely N-dealkylation sites (N-methyl/N-ethyl adjacent to an activating group) is 1. The molecule has 0 fully saturated rings. The van der Waals surface area contributed by atoms with Crippen LogP contribution in [-0.4, -0.2) is 29.8 Å². The number of nitrogens with zero attached hydrogens (tertiary/aromatic N) is 2. The fourth-order valence-corrected chi connectivity index (χ4v) is 2.24. The highest BCUT2D eigenvalue weighted by atomic mass is 32.2. The molecule has 0 aromatic heterocycles. The normalized spacial score (nSPS) is 11.6. The van der Waals surface area contributed by atoms with Crippen molar-refractivity contribution in [3.05, 3.63) is 29.8 Å². The maximum Gasteiger partial charge on any atom is 0.103 e. The molecule has 1 rings (SSSR count). The van der Waals surface area contributed by atoms with E-state index in [1.807, 2.05) is 32.7 Å². The van der Waals surface area contributed by atoms with Crippen LogP contribution in [-0.2, 0) is 6.42 Å². The molecule has 0 amide bonds. The molecule has 2 nitrogen and oxygen atoms in total. The summed E-state index contributed by atoms with van der Waals surface area (Å²) in [5.41, 5.74) is 0.939. The van der Waals surface area contributed by atoms with E-state index in [0.717, 1.165) is 18.7 Å². The van der Waals surface area contributed by atoms with E-state index < -0.39 is 5.54 Å². The molecule has 0 aliphatic rings. The topological polar surface area (TPSA) is 27.0 Å². The van der Waals surface area contributed by atoms with Crippen molar-refractivity contribution in [2.75, 3.05) is 19.3 Å². The molecule has 1 aromatic rings. The monoisotopic (exact) mass is 262 g/mol. The standard InChI is InChI=1S/C15H22N2S/c1-5-18-14-8-6-13(7-9-14)10-11-17(4)15(2,3)12-16/h6-9H,5,10-11H2,1-4H3. The Hall–Kier alpha value is -0.980. The molecule has 0 saturated carbocycles. The van der Waals surface area contributed by atoms with Gasteiger partial charge in [-0.15, -0.1) is 11.8 Å². The second-order valence-electron chi connectivity index (χ2n) is 4.92. The molecule has 0 N–H and O–H groups in total. The Kier molecular flexibility index (Phi) is 5.71.